The zero-order valence-electron chi connectivity index (χ0n) is 19.6. The van der Waals surface area contributed by atoms with Crippen molar-refractivity contribution in [1.82, 2.24) is 19.7 Å². The molecule has 3 heterocycles. The Kier molecular flexibility index (Phi) is 5.14. The van der Waals surface area contributed by atoms with Gasteiger partial charge in [-0.1, -0.05) is 6.07 Å². The zero-order valence-corrected chi connectivity index (χ0v) is 20.4. The molecule has 1 aliphatic rings. The highest BCUT2D eigenvalue weighted by atomic mass is 32.2. The van der Waals surface area contributed by atoms with Gasteiger partial charge >= 0.3 is 0 Å². The summed E-state index contributed by atoms with van der Waals surface area (Å²) in [4.78, 5) is 19.0. The lowest BCUT2D eigenvalue weighted by molar-refractivity contribution is 0.0727. The number of hydrogen-bond acceptors (Lipinski definition) is 5. The second-order valence-corrected chi connectivity index (χ2v) is 11.4. The third kappa shape index (κ3) is 3.63. The van der Waals surface area contributed by atoms with Crippen LogP contribution < -0.4 is 0 Å². The van der Waals surface area contributed by atoms with E-state index in [1.807, 2.05) is 0 Å². The molecule has 0 aliphatic carbocycles. The summed E-state index contributed by atoms with van der Waals surface area (Å²) in [6, 6.07) is 8.88. The summed E-state index contributed by atoms with van der Waals surface area (Å²) in [5.41, 5.74) is 1.91. The van der Waals surface area contributed by atoms with Gasteiger partial charge in [0.1, 0.15) is 32.8 Å². The summed E-state index contributed by atoms with van der Waals surface area (Å²) in [5.74, 6) is -1.89. The molecule has 35 heavy (non-hydrogen) atoms. The minimum absolute atomic E-state index is 0.218. The van der Waals surface area contributed by atoms with Crippen molar-refractivity contribution in [1.29, 1.82) is 4.78 Å². The summed E-state index contributed by atoms with van der Waals surface area (Å²) in [5, 5.41) is 4.03. The monoisotopic (exact) mass is 491 g/mol. The molecule has 0 spiro atoms. The molecule has 0 saturated heterocycles. The highest BCUT2D eigenvalue weighted by molar-refractivity contribution is 7.92. The van der Waals surface area contributed by atoms with E-state index >= 15 is 8.78 Å². The Hall–Kier alpha value is -3.53. The molecular weight excluding hydrogens is 470 g/mol. The quantitative estimate of drug-likeness (QED) is 0.443. The smallest absolute Gasteiger partial charge is 0.255 e. The van der Waals surface area contributed by atoms with E-state index < -0.39 is 26.7 Å². The van der Waals surface area contributed by atoms with Gasteiger partial charge in [0.2, 0.25) is 0 Å². The summed E-state index contributed by atoms with van der Waals surface area (Å²) >= 11 is 0. The SMILES string of the molecule is BC1(B)c2ncccc2C(=O)N1Cc1c(F)cc(-c2ccc(S(C)(=N)=O)c3nn(C)cc23)cc1F. The molecule has 1 amide bonds. The van der Waals surface area contributed by atoms with Gasteiger partial charge in [-0.05, 0) is 41.5 Å². The lowest BCUT2D eigenvalue weighted by atomic mass is 9.59. The van der Waals surface area contributed by atoms with Crippen molar-refractivity contribution in [2.45, 2.75) is 16.8 Å². The molecule has 1 unspecified atom stereocenters. The van der Waals surface area contributed by atoms with Crippen LogP contribution in [0.15, 0.2) is 53.7 Å². The number of nitrogens with one attached hydrogen (secondary N) is 1. The van der Waals surface area contributed by atoms with E-state index in [9.17, 15) is 9.00 Å². The predicted octanol–water partition coefficient (Wildman–Crippen LogP) is 1.98. The Bertz CT molecular complexity index is 1630. The molecule has 0 radical (unpaired) electrons. The van der Waals surface area contributed by atoms with E-state index in [0.29, 0.717) is 27.7 Å². The van der Waals surface area contributed by atoms with Crippen molar-refractivity contribution in [3.63, 3.8) is 0 Å². The molecule has 0 saturated carbocycles. The van der Waals surface area contributed by atoms with E-state index in [-0.39, 0.29) is 28.5 Å². The van der Waals surface area contributed by atoms with Crippen LogP contribution in [-0.2, 0) is 28.7 Å². The number of carbonyl (C=O) groups is 1. The van der Waals surface area contributed by atoms with E-state index in [1.165, 1.54) is 34.0 Å². The number of halogens is 2. The molecule has 12 heteroatoms. The van der Waals surface area contributed by atoms with Crippen LogP contribution in [0.25, 0.3) is 22.0 Å². The van der Waals surface area contributed by atoms with Crippen molar-refractivity contribution in [2.75, 3.05) is 6.26 Å². The van der Waals surface area contributed by atoms with Crippen LogP contribution in [0.3, 0.4) is 0 Å². The van der Waals surface area contributed by atoms with Crippen molar-refractivity contribution in [3.8, 4) is 11.1 Å². The Labute approximate surface area is 202 Å². The van der Waals surface area contributed by atoms with Crippen LogP contribution in [0.5, 0.6) is 0 Å². The molecule has 0 bridgehead atoms. The van der Waals surface area contributed by atoms with Gasteiger partial charge in [-0.3, -0.25) is 14.5 Å². The predicted molar refractivity (Wildman–Crippen MR) is 134 cm³/mol. The molecule has 4 aromatic rings. The van der Waals surface area contributed by atoms with Gasteiger partial charge in [-0.15, -0.1) is 0 Å². The number of pyridine rings is 1. The fourth-order valence-electron chi connectivity index (χ4n) is 4.69. The van der Waals surface area contributed by atoms with Crippen molar-refractivity contribution < 1.29 is 17.8 Å². The molecule has 1 atom stereocenters. The maximum Gasteiger partial charge on any atom is 0.255 e. The van der Waals surface area contributed by atoms with Gasteiger partial charge in [0.15, 0.2) is 0 Å². The number of fused-ring (bicyclic) bond motifs is 2. The zero-order chi connectivity index (χ0) is 25.3. The first-order chi connectivity index (χ1) is 16.4. The summed E-state index contributed by atoms with van der Waals surface area (Å²) < 4.78 is 52.6. The first kappa shape index (κ1) is 23.2. The first-order valence-electron chi connectivity index (χ1n) is 10.9. The number of aryl methyl sites for hydroxylation is 1. The number of rotatable bonds is 4. The van der Waals surface area contributed by atoms with Gasteiger partial charge in [0, 0.05) is 42.0 Å². The maximum absolute atomic E-state index is 15.3. The van der Waals surface area contributed by atoms with Gasteiger partial charge in [-0.2, -0.15) is 5.10 Å². The maximum atomic E-state index is 15.3. The van der Waals surface area contributed by atoms with Crippen LogP contribution in [-0.4, -0.2) is 51.7 Å². The molecule has 2 aromatic carbocycles. The molecule has 5 rings (SSSR count). The molecule has 0 fully saturated rings. The second-order valence-electron chi connectivity index (χ2n) is 9.29. The minimum atomic E-state index is -3.06. The third-order valence-corrected chi connectivity index (χ3v) is 7.65. The standard InChI is InChI=1S/C23H21B2F2N5O2S/c1-31-10-15-13(5-6-19(20(15)30-31)35(2,28)34)12-8-17(26)16(18(27)9-12)11-32-22(33)14-4-3-7-29-21(14)23(32,24)25/h3-10,28H,11,24-25H2,1-2H3. The lowest BCUT2D eigenvalue weighted by Gasteiger charge is -2.32. The number of nitrogens with zero attached hydrogens (tertiary/aromatic N) is 4. The van der Waals surface area contributed by atoms with Crippen molar-refractivity contribution in [3.05, 3.63) is 77.2 Å². The van der Waals surface area contributed by atoms with E-state index in [0.717, 1.165) is 0 Å². The average molecular weight is 491 g/mol. The normalized spacial score (nSPS) is 16.5. The molecule has 176 valence electrons. The fourth-order valence-corrected chi connectivity index (χ4v) is 5.54. The Morgan fingerprint density at radius 3 is 2.46 bits per heavy atom. The van der Waals surface area contributed by atoms with Crippen molar-refractivity contribution in [2.24, 2.45) is 7.05 Å². The topological polar surface area (TPSA) is 91.9 Å². The van der Waals surface area contributed by atoms with Gasteiger partial charge in [0.05, 0.1) is 32.4 Å². The van der Waals surface area contributed by atoms with Crippen LogP contribution in [0, 0.1) is 16.4 Å². The highest BCUT2D eigenvalue weighted by Crippen LogP contribution is 2.37. The van der Waals surface area contributed by atoms with E-state index in [4.69, 9.17) is 4.78 Å². The summed E-state index contributed by atoms with van der Waals surface area (Å²) in [6.45, 7) is -0.252. The van der Waals surface area contributed by atoms with Crippen molar-refractivity contribution >= 4 is 42.2 Å². The van der Waals surface area contributed by atoms with E-state index in [2.05, 4.69) is 10.1 Å². The largest absolute Gasteiger partial charge is 0.339 e. The molecular formula is C23H21B2F2N5O2S. The fraction of sp³-hybridized carbons (Fsp3) is 0.174. The average Bonchev–Trinajstić information content (AvgIpc) is 3.25. The Morgan fingerprint density at radius 2 is 1.83 bits per heavy atom. The first-order valence-corrected chi connectivity index (χ1v) is 12.8. The van der Waals surface area contributed by atoms with Crippen LogP contribution >= 0.6 is 0 Å². The minimum Gasteiger partial charge on any atom is -0.339 e. The van der Waals surface area contributed by atoms with Crippen LogP contribution in [0.2, 0.25) is 0 Å². The number of amides is 1. The Morgan fingerprint density at radius 1 is 1.14 bits per heavy atom. The number of carbonyl (C=O) groups excluding carboxylic acids is 1. The molecule has 1 N–H and O–H groups in total. The third-order valence-electron chi connectivity index (χ3n) is 6.48. The molecule has 2 aromatic heterocycles. The van der Waals surface area contributed by atoms with E-state index in [1.54, 1.807) is 53.3 Å². The Balaban J connectivity index is 1.57. The molecule has 7 nitrogen and oxygen atoms in total. The summed E-state index contributed by atoms with van der Waals surface area (Å²) in [7, 11) is 2.22. The molecule has 1 aliphatic heterocycles. The number of aromatic nitrogens is 3. The van der Waals surface area contributed by atoms with Crippen LogP contribution in [0.4, 0.5) is 8.78 Å². The lowest BCUT2D eigenvalue weighted by Crippen LogP contribution is -2.45. The second kappa shape index (κ2) is 7.74. The highest BCUT2D eigenvalue weighted by Gasteiger charge is 2.44. The summed E-state index contributed by atoms with van der Waals surface area (Å²) in [6.07, 6.45) is 4.56. The van der Waals surface area contributed by atoms with Crippen LogP contribution in [0.1, 0.15) is 21.6 Å². The number of hydrogen-bond donors (Lipinski definition) is 1. The van der Waals surface area contributed by atoms with Gasteiger partial charge < -0.3 is 4.90 Å². The van der Waals surface area contributed by atoms with Gasteiger partial charge in [-0.25, -0.2) is 17.8 Å². The number of benzene rings is 2. The van der Waals surface area contributed by atoms with Gasteiger partial charge in [0.25, 0.3) is 5.91 Å².